The number of nitrogens with one attached hydrogen (secondary N) is 1. The Balaban J connectivity index is 2.15. The fourth-order valence-electron chi connectivity index (χ4n) is 1.60. The van der Waals surface area contributed by atoms with Gasteiger partial charge in [-0.15, -0.1) is 0 Å². The fourth-order valence-corrected chi connectivity index (χ4v) is 2.06. The molecule has 90 valence electrons. The van der Waals surface area contributed by atoms with Gasteiger partial charge in [-0.2, -0.15) is 0 Å². The Labute approximate surface area is 111 Å². The predicted molar refractivity (Wildman–Crippen MR) is 71.9 cm³/mol. The van der Waals surface area contributed by atoms with E-state index in [2.05, 4.69) is 5.32 Å². The molecule has 0 aliphatic rings. The number of benzene rings is 1. The van der Waals surface area contributed by atoms with E-state index in [-0.39, 0.29) is 6.04 Å². The molecule has 0 saturated heterocycles. The highest BCUT2D eigenvalue weighted by molar-refractivity contribution is 6.36. The first kappa shape index (κ1) is 12.3. The Hall–Kier alpha value is -1.12. The van der Waals surface area contributed by atoms with Crippen LogP contribution in [0.5, 0.6) is 0 Å². The van der Waals surface area contributed by atoms with Gasteiger partial charge < -0.3 is 9.73 Å². The molecule has 0 saturated carbocycles. The van der Waals surface area contributed by atoms with Crippen molar-refractivity contribution in [2.45, 2.75) is 19.9 Å². The van der Waals surface area contributed by atoms with E-state index in [9.17, 15) is 0 Å². The number of hydrogen-bond donors (Lipinski definition) is 1. The van der Waals surface area contributed by atoms with Gasteiger partial charge in [-0.25, -0.2) is 0 Å². The molecule has 1 atom stereocenters. The number of rotatable bonds is 3. The first-order valence-corrected chi connectivity index (χ1v) is 6.10. The molecule has 4 heteroatoms. The normalized spacial score (nSPS) is 12.5. The lowest BCUT2D eigenvalue weighted by Crippen LogP contribution is -2.05. The molecule has 2 aromatic rings. The van der Waals surface area contributed by atoms with Crippen LogP contribution in [0.2, 0.25) is 10.0 Å². The molecule has 0 aliphatic heterocycles. The Bertz CT molecular complexity index is 522. The van der Waals surface area contributed by atoms with E-state index in [1.807, 2.05) is 32.0 Å². The van der Waals surface area contributed by atoms with Crippen LogP contribution in [0.1, 0.15) is 24.5 Å². The van der Waals surface area contributed by atoms with E-state index in [1.165, 1.54) is 0 Å². The molecule has 1 unspecified atom stereocenters. The van der Waals surface area contributed by atoms with E-state index in [1.54, 1.807) is 12.1 Å². The zero-order valence-corrected chi connectivity index (χ0v) is 11.1. The third kappa shape index (κ3) is 2.96. The number of halogens is 2. The molecule has 0 bridgehead atoms. The van der Waals surface area contributed by atoms with Gasteiger partial charge in [0.15, 0.2) is 0 Å². The second-order valence-corrected chi connectivity index (χ2v) is 4.78. The van der Waals surface area contributed by atoms with Gasteiger partial charge in [0.25, 0.3) is 0 Å². The SMILES string of the molecule is Cc1ccc(C(C)Nc2ccc(Cl)cc2Cl)o1. The highest BCUT2D eigenvalue weighted by atomic mass is 35.5. The molecule has 2 rings (SSSR count). The quantitative estimate of drug-likeness (QED) is 0.842. The first-order chi connectivity index (χ1) is 8.06. The Kier molecular flexibility index (Phi) is 3.65. The predicted octanol–water partition coefficient (Wildman–Crippen LogP) is 5.07. The minimum Gasteiger partial charge on any atom is -0.464 e. The van der Waals surface area contributed by atoms with Crippen LogP contribution in [0.4, 0.5) is 5.69 Å². The van der Waals surface area contributed by atoms with Gasteiger partial charge >= 0.3 is 0 Å². The molecule has 1 aromatic carbocycles. The summed E-state index contributed by atoms with van der Waals surface area (Å²) in [6.45, 7) is 3.94. The summed E-state index contributed by atoms with van der Waals surface area (Å²) in [7, 11) is 0. The second-order valence-electron chi connectivity index (χ2n) is 3.94. The van der Waals surface area contributed by atoms with Crippen LogP contribution in [-0.2, 0) is 0 Å². The molecule has 1 N–H and O–H groups in total. The smallest absolute Gasteiger partial charge is 0.126 e. The van der Waals surface area contributed by atoms with Gasteiger partial charge in [-0.1, -0.05) is 23.2 Å². The van der Waals surface area contributed by atoms with Gasteiger partial charge in [0.05, 0.1) is 16.8 Å². The molecular formula is C13H13Cl2NO. The van der Waals surface area contributed by atoms with Crippen molar-refractivity contribution >= 4 is 28.9 Å². The third-order valence-corrected chi connectivity index (χ3v) is 3.04. The van der Waals surface area contributed by atoms with Crippen molar-refractivity contribution in [1.82, 2.24) is 0 Å². The maximum atomic E-state index is 6.09. The van der Waals surface area contributed by atoms with Crippen LogP contribution in [0, 0.1) is 6.92 Å². The van der Waals surface area contributed by atoms with E-state index < -0.39 is 0 Å². The highest BCUT2D eigenvalue weighted by Crippen LogP contribution is 2.29. The summed E-state index contributed by atoms with van der Waals surface area (Å²) in [5, 5.41) is 4.51. The van der Waals surface area contributed by atoms with Gasteiger partial charge in [-0.3, -0.25) is 0 Å². The third-order valence-electron chi connectivity index (χ3n) is 2.49. The molecule has 2 nitrogen and oxygen atoms in total. The van der Waals surface area contributed by atoms with Gasteiger partial charge in [0.1, 0.15) is 11.5 Å². The van der Waals surface area contributed by atoms with Crippen molar-refractivity contribution in [3.05, 3.63) is 51.9 Å². The molecular weight excluding hydrogens is 257 g/mol. The number of anilines is 1. The average Bonchev–Trinajstić information content (AvgIpc) is 2.69. The monoisotopic (exact) mass is 269 g/mol. The molecule has 0 radical (unpaired) electrons. The maximum Gasteiger partial charge on any atom is 0.126 e. The van der Waals surface area contributed by atoms with Crippen molar-refractivity contribution in [2.24, 2.45) is 0 Å². The van der Waals surface area contributed by atoms with Gasteiger partial charge in [0.2, 0.25) is 0 Å². The summed E-state index contributed by atoms with van der Waals surface area (Å²) in [6, 6.07) is 9.33. The lowest BCUT2D eigenvalue weighted by molar-refractivity contribution is 0.467. The largest absolute Gasteiger partial charge is 0.464 e. The molecule has 0 aliphatic carbocycles. The second kappa shape index (κ2) is 5.03. The first-order valence-electron chi connectivity index (χ1n) is 5.34. The number of hydrogen-bond acceptors (Lipinski definition) is 2. The van der Waals surface area contributed by atoms with E-state index in [0.29, 0.717) is 10.0 Å². The average molecular weight is 270 g/mol. The van der Waals surface area contributed by atoms with Crippen molar-refractivity contribution in [3.8, 4) is 0 Å². The summed E-state index contributed by atoms with van der Waals surface area (Å²) in [4.78, 5) is 0. The molecule has 0 fully saturated rings. The van der Waals surface area contributed by atoms with E-state index in [0.717, 1.165) is 17.2 Å². The van der Waals surface area contributed by atoms with Crippen LogP contribution in [-0.4, -0.2) is 0 Å². The topological polar surface area (TPSA) is 25.2 Å². The van der Waals surface area contributed by atoms with Crippen molar-refractivity contribution < 1.29 is 4.42 Å². The molecule has 1 aromatic heterocycles. The van der Waals surface area contributed by atoms with Gasteiger partial charge in [-0.05, 0) is 44.2 Å². The number of furan rings is 1. The van der Waals surface area contributed by atoms with Crippen molar-refractivity contribution in [3.63, 3.8) is 0 Å². The maximum absolute atomic E-state index is 6.09. The highest BCUT2D eigenvalue weighted by Gasteiger charge is 2.11. The van der Waals surface area contributed by atoms with E-state index in [4.69, 9.17) is 27.6 Å². The van der Waals surface area contributed by atoms with Crippen LogP contribution < -0.4 is 5.32 Å². The van der Waals surface area contributed by atoms with Crippen LogP contribution in [0.25, 0.3) is 0 Å². The Morgan fingerprint density at radius 1 is 1.18 bits per heavy atom. The lowest BCUT2D eigenvalue weighted by Gasteiger charge is -2.14. The Morgan fingerprint density at radius 3 is 2.53 bits per heavy atom. The van der Waals surface area contributed by atoms with Crippen molar-refractivity contribution in [2.75, 3.05) is 5.32 Å². The summed E-state index contributed by atoms with van der Waals surface area (Å²) >= 11 is 11.9. The zero-order valence-electron chi connectivity index (χ0n) is 9.63. The lowest BCUT2D eigenvalue weighted by atomic mass is 10.2. The number of aryl methyl sites for hydroxylation is 1. The Morgan fingerprint density at radius 2 is 1.94 bits per heavy atom. The summed E-state index contributed by atoms with van der Waals surface area (Å²) in [6.07, 6.45) is 0. The van der Waals surface area contributed by atoms with E-state index >= 15 is 0 Å². The van der Waals surface area contributed by atoms with Crippen LogP contribution in [0.3, 0.4) is 0 Å². The fraction of sp³-hybridized carbons (Fsp3) is 0.231. The van der Waals surface area contributed by atoms with Crippen molar-refractivity contribution in [1.29, 1.82) is 0 Å². The van der Waals surface area contributed by atoms with Gasteiger partial charge in [0, 0.05) is 5.02 Å². The summed E-state index contributed by atoms with van der Waals surface area (Å²) < 4.78 is 5.55. The van der Waals surface area contributed by atoms with Crippen LogP contribution in [0.15, 0.2) is 34.7 Å². The summed E-state index contributed by atoms with van der Waals surface area (Å²) in [5.41, 5.74) is 0.845. The summed E-state index contributed by atoms with van der Waals surface area (Å²) in [5.74, 6) is 1.78. The zero-order chi connectivity index (χ0) is 12.4. The minimum absolute atomic E-state index is 0.0578. The standard InChI is InChI=1S/C13H13Cl2NO/c1-8-3-6-13(17-8)9(2)16-12-5-4-10(14)7-11(12)15/h3-7,9,16H,1-2H3. The minimum atomic E-state index is 0.0578. The molecule has 17 heavy (non-hydrogen) atoms. The molecule has 0 spiro atoms. The van der Waals surface area contributed by atoms with Crippen LogP contribution >= 0.6 is 23.2 Å². The molecule has 0 amide bonds. The molecule has 1 heterocycles.